The molecule has 5 nitrogen and oxygen atoms in total. The summed E-state index contributed by atoms with van der Waals surface area (Å²) < 4.78 is 0. The lowest BCUT2D eigenvalue weighted by atomic mass is 10.3. The molecule has 0 heterocycles. The molecule has 0 saturated heterocycles. The summed E-state index contributed by atoms with van der Waals surface area (Å²) in [6.07, 6.45) is 1.60. The first kappa shape index (κ1) is 12.0. The van der Waals surface area contributed by atoms with E-state index in [0.29, 0.717) is 0 Å². The van der Waals surface area contributed by atoms with Gasteiger partial charge in [0.05, 0.1) is 6.54 Å². The summed E-state index contributed by atoms with van der Waals surface area (Å²) in [5, 5.41) is 4.61. The first-order valence-electron chi connectivity index (χ1n) is 3.62. The maximum atomic E-state index is 10.9. The van der Waals surface area contributed by atoms with E-state index >= 15 is 0 Å². The van der Waals surface area contributed by atoms with Crippen molar-refractivity contribution in [3.63, 3.8) is 0 Å². The molecule has 0 saturated carbocycles. The zero-order chi connectivity index (χ0) is 10.3. The lowest BCUT2D eigenvalue weighted by Gasteiger charge is -2.08. The van der Waals surface area contributed by atoms with E-state index in [1.165, 1.54) is 6.92 Å². The topological polar surface area (TPSA) is 75.3 Å². The normalized spacial score (nSPS) is 11.5. The van der Waals surface area contributed by atoms with Crippen LogP contribution in [0.25, 0.3) is 0 Å². The van der Waals surface area contributed by atoms with Crippen molar-refractivity contribution < 1.29 is 14.4 Å². The number of nitrogens with one attached hydrogen (secondary N) is 2. The fourth-order valence-electron chi connectivity index (χ4n) is 0.562. The van der Waals surface area contributed by atoms with Gasteiger partial charge in [0, 0.05) is 12.7 Å². The predicted octanol–water partition coefficient (Wildman–Crippen LogP) is -1.35. The molecule has 0 aromatic rings. The fraction of sp³-hybridized carbons (Fsp3) is 0.571. The fourth-order valence-corrected chi connectivity index (χ4v) is 0.728. The van der Waals surface area contributed by atoms with Crippen LogP contribution in [-0.4, -0.2) is 36.4 Å². The van der Waals surface area contributed by atoms with Gasteiger partial charge in [-0.05, 0) is 0 Å². The Bertz CT molecular complexity index is 208. The van der Waals surface area contributed by atoms with E-state index in [9.17, 15) is 14.4 Å². The van der Waals surface area contributed by atoms with Crippen molar-refractivity contribution in [2.75, 3.05) is 12.3 Å². The van der Waals surface area contributed by atoms with Crippen molar-refractivity contribution in [3.05, 3.63) is 0 Å². The quantitative estimate of drug-likeness (QED) is 0.483. The molecule has 0 unspecified atom stereocenters. The van der Waals surface area contributed by atoms with Crippen LogP contribution in [0.15, 0.2) is 0 Å². The summed E-state index contributed by atoms with van der Waals surface area (Å²) in [5.74, 6) is -0.541. The van der Waals surface area contributed by atoms with E-state index in [4.69, 9.17) is 0 Å². The number of carbonyl (C=O) groups is 2. The van der Waals surface area contributed by atoms with E-state index in [1.54, 1.807) is 6.29 Å². The SMILES string of the molecule is CC(=O)NCC(=O)N[C@H]([C]=O)CS. The average Bonchev–Trinajstić information content (AvgIpc) is 2.10. The van der Waals surface area contributed by atoms with Gasteiger partial charge >= 0.3 is 0 Å². The minimum atomic E-state index is -0.718. The summed E-state index contributed by atoms with van der Waals surface area (Å²) in [5.41, 5.74) is 0. The second-order valence-corrected chi connectivity index (χ2v) is 2.70. The number of hydrogen-bond donors (Lipinski definition) is 3. The maximum absolute atomic E-state index is 10.9. The van der Waals surface area contributed by atoms with Crippen LogP contribution in [0.4, 0.5) is 0 Å². The Morgan fingerprint density at radius 1 is 1.54 bits per heavy atom. The maximum Gasteiger partial charge on any atom is 0.240 e. The zero-order valence-electron chi connectivity index (χ0n) is 7.16. The first-order valence-corrected chi connectivity index (χ1v) is 4.25. The Morgan fingerprint density at radius 3 is 2.54 bits per heavy atom. The van der Waals surface area contributed by atoms with Gasteiger partial charge in [-0.25, -0.2) is 0 Å². The van der Waals surface area contributed by atoms with Crippen LogP contribution >= 0.6 is 12.6 Å². The van der Waals surface area contributed by atoms with Crippen LogP contribution < -0.4 is 10.6 Å². The molecule has 0 fully saturated rings. The van der Waals surface area contributed by atoms with E-state index in [-0.39, 0.29) is 18.2 Å². The van der Waals surface area contributed by atoms with E-state index in [2.05, 4.69) is 23.3 Å². The smallest absolute Gasteiger partial charge is 0.240 e. The van der Waals surface area contributed by atoms with Gasteiger partial charge in [0.25, 0.3) is 0 Å². The molecular formula is C7H11N2O3S. The monoisotopic (exact) mass is 203 g/mol. The molecule has 6 heteroatoms. The molecule has 0 aliphatic rings. The second kappa shape index (κ2) is 6.47. The van der Waals surface area contributed by atoms with Gasteiger partial charge in [-0.1, -0.05) is 0 Å². The van der Waals surface area contributed by atoms with Crippen LogP contribution in [0.3, 0.4) is 0 Å². The molecule has 2 N–H and O–H groups in total. The molecule has 13 heavy (non-hydrogen) atoms. The van der Waals surface area contributed by atoms with Crippen molar-refractivity contribution in [2.24, 2.45) is 0 Å². The number of thiol groups is 1. The van der Waals surface area contributed by atoms with E-state index in [0.717, 1.165) is 0 Å². The molecule has 0 spiro atoms. The van der Waals surface area contributed by atoms with Gasteiger partial charge in [0.1, 0.15) is 6.04 Å². The first-order chi connectivity index (χ1) is 6.10. The van der Waals surface area contributed by atoms with E-state index in [1.807, 2.05) is 0 Å². The van der Waals surface area contributed by atoms with Gasteiger partial charge in [0.2, 0.25) is 18.1 Å². The summed E-state index contributed by atoms with van der Waals surface area (Å²) in [4.78, 5) is 31.5. The summed E-state index contributed by atoms with van der Waals surface area (Å²) in [7, 11) is 0. The minimum absolute atomic E-state index is 0.138. The largest absolute Gasteiger partial charge is 0.347 e. The Kier molecular flexibility index (Phi) is 5.96. The average molecular weight is 203 g/mol. The molecule has 0 aromatic carbocycles. The highest BCUT2D eigenvalue weighted by Gasteiger charge is 2.09. The lowest BCUT2D eigenvalue weighted by Crippen LogP contribution is -2.43. The molecule has 0 aliphatic heterocycles. The standard InChI is InChI=1S/C7H11N2O3S/c1-5(11)8-2-7(12)9-6(3-10)4-13/h6,13H,2,4H2,1H3,(H,8,11)(H,9,12)/t6-/m1/s1. The van der Waals surface area contributed by atoms with Crippen LogP contribution in [0.5, 0.6) is 0 Å². The number of amides is 2. The van der Waals surface area contributed by atoms with Crippen LogP contribution in [0.1, 0.15) is 6.92 Å². The molecule has 0 rings (SSSR count). The van der Waals surface area contributed by atoms with Crippen LogP contribution in [-0.2, 0) is 14.4 Å². The Labute approximate surface area is 81.7 Å². The summed E-state index contributed by atoms with van der Waals surface area (Å²) in [6.45, 7) is 1.16. The van der Waals surface area contributed by atoms with Gasteiger partial charge in [-0.15, -0.1) is 0 Å². The third-order valence-corrected chi connectivity index (χ3v) is 1.52. The molecule has 0 bridgehead atoms. The van der Waals surface area contributed by atoms with Crippen LogP contribution in [0, 0.1) is 0 Å². The van der Waals surface area contributed by atoms with Crippen molar-refractivity contribution >= 4 is 30.7 Å². The molecule has 73 valence electrons. The molecule has 1 atom stereocenters. The van der Waals surface area contributed by atoms with Gasteiger partial charge in [0.15, 0.2) is 0 Å². The summed E-state index contributed by atoms with van der Waals surface area (Å²) in [6, 6.07) is -0.718. The highest BCUT2D eigenvalue weighted by Crippen LogP contribution is 1.82. The molecular weight excluding hydrogens is 192 g/mol. The van der Waals surface area contributed by atoms with Crippen LogP contribution in [0.2, 0.25) is 0 Å². The van der Waals surface area contributed by atoms with Crippen molar-refractivity contribution in [1.29, 1.82) is 0 Å². The van der Waals surface area contributed by atoms with Crippen molar-refractivity contribution in [3.8, 4) is 0 Å². The van der Waals surface area contributed by atoms with Gasteiger partial charge in [-0.2, -0.15) is 12.6 Å². The Balaban J connectivity index is 3.72. The molecule has 2 amide bonds. The minimum Gasteiger partial charge on any atom is -0.347 e. The van der Waals surface area contributed by atoms with Crippen molar-refractivity contribution in [2.45, 2.75) is 13.0 Å². The lowest BCUT2D eigenvalue weighted by molar-refractivity contribution is -0.125. The molecule has 0 aromatic heterocycles. The zero-order valence-corrected chi connectivity index (χ0v) is 8.06. The predicted molar refractivity (Wildman–Crippen MR) is 50.2 cm³/mol. The van der Waals surface area contributed by atoms with Crippen molar-refractivity contribution in [1.82, 2.24) is 10.6 Å². The number of rotatable bonds is 5. The molecule has 1 radical (unpaired) electrons. The highest BCUT2D eigenvalue weighted by molar-refractivity contribution is 7.80. The highest BCUT2D eigenvalue weighted by atomic mass is 32.1. The number of carbonyl (C=O) groups excluding carboxylic acids is 3. The second-order valence-electron chi connectivity index (χ2n) is 2.33. The summed E-state index contributed by atoms with van der Waals surface area (Å²) >= 11 is 3.81. The molecule has 0 aliphatic carbocycles. The third kappa shape index (κ3) is 6.15. The van der Waals surface area contributed by atoms with E-state index < -0.39 is 11.9 Å². The number of hydrogen-bond acceptors (Lipinski definition) is 4. The Morgan fingerprint density at radius 2 is 2.15 bits per heavy atom. The van der Waals surface area contributed by atoms with Gasteiger partial charge < -0.3 is 10.6 Å². The Hall–Kier alpha value is -1.04. The third-order valence-electron chi connectivity index (χ3n) is 1.16. The van der Waals surface area contributed by atoms with Gasteiger partial charge in [-0.3, -0.25) is 14.4 Å².